The quantitative estimate of drug-likeness (QED) is 0.826. The van der Waals surface area contributed by atoms with Crippen molar-refractivity contribution >= 4 is 5.91 Å². The Labute approximate surface area is 122 Å². The number of rotatable bonds is 3. The van der Waals surface area contributed by atoms with E-state index in [4.69, 9.17) is 0 Å². The smallest absolute Gasteiger partial charge is 0.237 e. The van der Waals surface area contributed by atoms with E-state index in [0.29, 0.717) is 18.0 Å². The van der Waals surface area contributed by atoms with Crippen molar-refractivity contribution in [3.05, 3.63) is 0 Å². The molecule has 3 rings (SSSR count). The Morgan fingerprint density at radius 1 is 0.950 bits per heavy atom. The summed E-state index contributed by atoms with van der Waals surface area (Å²) in [6, 6.07) is 1.23. The van der Waals surface area contributed by atoms with E-state index in [1.807, 2.05) is 0 Å². The van der Waals surface area contributed by atoms with Gasteiger partial charge in [-0.3, -0.25) is 9.69 Å². The molecule has 4 nitrogen and oxygen atoms in total. The minimum atomic E-state index is 0.153. The van der Waals surface area contributed by atoms with Crippen molar-refractivity contribution in [2.24, 2.45) is 0 Å². The first-order valence-corrected chi connectivity index (χ1v) is 8.61. The van der Waals surface area contributed by atoms with Gasteiger partial charge in [-0.25, -0.2) is 0 Å². The molecule has 0 aromatic rings. The maximum absolute atomic E-state index is 12.6. The number of amides is 1. The van der Waals surface area contributed by atoms with Crippen LogP contribution in [0, 0.1) is 0 Å². The Kier molecular flexibility index (Phi) is 4.94. The monoisotopic (exact) mass is 279 g/mol. The van der Waals surface area contributed by atoms with Crippen LogP contribution in [-0.2, 0) is 4.79 Å². The van der Waals surface area contributed by atoms with Gasteiger partial charge >= 0.3 is 0 Å². The lowest BCUT2D eigenvalue weighted by Gasteiger charge is -2.36. The molecule has 0 aromatic carbocycles. The summed E-state index contributed by atoms with van der Waals surface area (Å²) in [5, 5.41) is 6.75. The summed E-state index contributed by atoms with van der Waals surface area (Å²) in [4.78, 5) is 15.1. The second-order valence-electron chi connectivity index (χ2n) is 6.72. The minimum absolute atomic E-state index is 0.153. The highest BCUT2D eigenvalue weighted by Gasteiger charge is 2.36. The van der Waals surface area contributed by atoms with Gasteiger partial charge in [0, 0.05) is 12.1 Å². The fraction of sp³-hybridized carbons (Fsp3) is 0.938. The van der Waals surface area contributed by atoms with Gasteiger partial charge in [-0.2, -0.15) is 0 Å². The Balaban J connectivity index is 1.55. The molecule has 2 N–H and O–H groups in total. The van der Waals surface area contributed by atoms with Crippen molar-refractivity contribution < 1.29 is 4.79 Å². The van der Waals surface area contributed by atoms with E-state index < -0.39 is 0 Å². The number of hydrogen-bond donors (Lipinski definition) is 2. The highest BCUT2D eigenvalue weighted by Crippen LogP contribution is 2.25. The Hall–Kier alpha value is -0.610. The van der Waals surface area contributed by atoms with Crippen LogP contribution in [0.15, 0.2) is 0 Å². The number of carbonyl (C=O) groups is 1. The standard InChI is InChI=1S/C16H29N3O/c20-16(18-13-5-2-1-3-6-13)15-7-4-12-19(15)14-8-10-17-11-9-14/h13-15,17H,1-12H2,(H,18,20). The van der Waals surface area contributed by atoms with Crippen LogP contribution in [0.25, 0.3) is 0 Å². The van der Waals surface area contributed by atoms with E-state index >= 15 is 0 Å². The molecule has 2 saturated heterocycles. The predicted molar refractivity (Wildman–Crippen MR) is 80.6 cm³/mol. The van der Waals surface area contributed by atoms with Gasteiger partial charge in [0.05, 0.1) is 6.04 Å². The zero-order valence-electron chi connectivity index (χ0n) is 12.6. The number of hydrogen-bond acceptors (Lipinski definition) is 3. The van der Waals surface area contributed by atoms with Crippen molar-refractivity contribution in [2.75, 3.05) is 19.6 Å². The fourth-order valence-corrected chi connectivity index (χ4v) is 4.19. The van der Waals surface area contributed by atoms with Crippen molar-refractivity contribution in [1.29, 1.82) is 0 Å². The number of nitrogens with one attached hydrogen (secondary N) is 2. The van der Waals surface area contributed by atoms with E-state index in [1.54, 1.807) is 0 Å². The second kappa shape index (κ2) is 6.90. The lowest BCUT2D eigenvalue weighted by molar-refractivity contribution is -0.127. The normalized spacial score (nSPS) is 30.5. The topological polar surface area (TPSA) is 44.4 Å². The fourth-order valence-electron chi connectivity index (χ4n) is 4.19. The molecule has 3 aliphatic rings. The van der Waals surface area contributed by atoms with E-state index in [1.165, 1.54) is 51.4 Å². The summed E-state index contributed by atoms with van der Waals surface area (Å²) in [5.74, 6) is 0.313. The molecule has 0 aromatic heterocycles. The molecule has 4 heteroatoms. The third-order valence-electron chi connectivity index (χ3n) is 5.33. The van der Waals surface area contributed by atoms with Crippen molar-refractivity contribution in [3.63, 3.8) is 0 Å². The van der Waals surface area contributed by atoms with Gasteiger partial charge in [0.25, 0.3) is 0 Å². The molecule has 114 valence electrons. The highest BCUT2D eigenvalue weighted by molar-refractivity contribution is 5.82. The Bertz CT molecular complexity index is 322. The summed E-state index contributed by atoms with van der Waals surface area (Å²) in [5.41, 5.74) is 0. The summed E-state index contributed by atoms with van der Waals surface area (Å²) in [6.45, 7) is 3.34. The van der Waals surface area contributed by atoms with Crippen LogP contribution >= 0.6 is 0 Å². The molecule has 0 bridgehead atoms. The van der Waals surface area contributed by atoms with Crippen LogP contribution in [0.2, 0.25) is 0 Å². The summed E-state index contributed by atoms with van der Waals surface area (Å²) in [6.07, 6.45) is 10.9. The van der Waals surface area contributed by atoms with Crippen molar-refractivity contribution in [2.45, 2.75) is 75.9 Å². The number of likely N-dealkylation sites (tertiary alicyclic amines) is 1. The number of nitrogens with zero attached hydrogens (tertiary/aromatic N) is 1. The molecule has 1 amide bonds. The van der Waals surface area contributed by atoms with Gasteiger partial charge in [0.15, 0.2) is 0 Å². The van der Waals surface area contributed by atoms with E-state index in [2.05, 4.69) is 15.5 Å². The first kappa shape index (κ1) is 14.3. The Morgan fingerprint density at radius 2 is 1.70 bits per heavy atom. The first-order valence-electron chi connectivity index (χ1n) is 8.61. The average molecular weight is 279 g/mol. The van der Waals surface area contributed by atoms with E-state index in [9.17, 15) is 4.79 Å². The van der Waals surface area contributed by atoms with Gasteiger partial charge in [-0.05, 0) is 58.2 Å². The highest BCUT2D eigenvalue weighted by atomic mass is 16.2. The summed E-state index contributed by atoms with van der Waals surface area (Å²) >= 11 is 0. The largest absolute Gasteiger partial charge is 0.352 e. The molecule has 0 spiro atoms. The number of piperidine rings is 1. The molecule has 1 unspecified atom stereocenters. The molecule has 2 heterocycles. The van der Waals surface area contributed by atoms with Gasteiger partial charge in [-0.15, -0.1) is 0 Å². The minimum Gasteiger partial charge on any atom is -0.352 e. The predicted octanol–water partition coefficient (Wildman–Crippen LogP) is 1.65. The third-order valence-corrected chi connectivity index (χ3v) is 5.33. The third kappa shape index (κ3) is 3.34. The molecule has 1 atom stereocenters. The molecular formula is C16H29N3O. The van der Waals surface area contributed by atoms with Crippen LogP contribution in [-0.4, -0.2) is 48.6 Å². The van der Waals surface area contributed by atoms with E-state index in [0.717, 1.165) is 26.1 Å². The van der Waals surface area contributed by atoms with Crippen LogP contribution in [0.4, 0.5) is 0 Å². The summed E-state index contributed by atoms with van der Waals surface area (Å²) < 4.78 is 0. The van der Waals surface area contributed by atoms with Gasteiger partial charge in [0.2, 0.25) is 5.91 Å². The maximum Gasteiger partial charge on any atom is 0.237 e. The Morgan fingerprint density at radius 3 is 2.45 bits per heavy atom. The molecule has 1 aliphatic carbocycles. The molecule has 20 heavy (non-hydrogen) atoms. The molecular weight excluding hydrogens is 250 g/mol. The van der Waals surface area contributed by atoms with E-state index in [-0.39, 0.29) is 6.04 Å². The zero-order valence-corrected chi connectivity index (χ0v) is 12.6. The lowest BCUT2D eigenvalue weighted by atomic mass is 9.95. The van der Waals surface area contributed by atoms with Gasteiger partial charge < -0.3 is 10.6 Å². The van der Waals surface area contributed by atoms with Gasteiger partial charge in [-0.1, -0.05) is 19.3 Å². The molecule has 1 saturated carbocycles. The average Bonchev–Trinajstić information content (AvgIpc) is 2.99. The van der Waals surface area contributed by atoms with Crippen LogP contribution in [0.5, 0.6) is 0 Å². The summed E-state index contributed by atoms with van der Waals surface area (Å²) in [7, 11) is 0. The zero-order chi connectivity index (χ0) is 13.8. The second-order valence-corrected chi connectivity index (χ2v) is 6.72. The van der Waals surface area contributed by atoms with Crippen LogP contribution < -0.4 is 10.6 Å². The molecule has 0 radical (unpaired) electrons. The molecule has 2 aliphatic heterocycles. The number of carbonyl (C=O) groups excluding carboxylic acids is 1. The van der Waals surface area contributed by atoms with Crippen molar-refractivity contribution in [1.82, 2.24) is 15.5 Å². The van der Waals surface area contributed by atoms with Gasteiger partial charge in [0.1, 0.15) is 0 Å². The maximum atomic E-state index is 12.6. The van der Waals surface area contributed by atoms with Crippen LogP contribution in [0.1, 0.15) is 57.8 Å². The SMILES string of the molecule is O=C(NC1CCCCC1)C1CCCN1C1CCNCC1. The van der Waals surface area contributed by atoms with Crippen LogP contribution in [0.3, 0.4) is 0 Å². The molecule has 3 fully saturated rings. The lowest BCUT2D eigenvalue weighted by Crippen LogP contribution is -2.52. The first-order chi connectivity index (χ1) is 9.84. The van der Waals surface area contributed by atoms with Crippen molar-refractivity contribution in [3.8, 4) is 0 Å².